The molecule has 2 atom stereocenters. The van der Waals surface area contributed by atoms with E-state index in [-0.39, 0.29) is 23.6 Å². The number of rotatable bonds is 10. The number of amidine groups is 1. The van der Waals surface area contributed by atoms with Gasteiger partial charge < -0.3 is 15.8 Å². The number of hydrogen-bond acceptors (Lipinski definition) is 4. The normalized spacial score (nSPS) is 21.7. The molecule has 2 aliphatic rings. The summed E-state index contributed by atoms with van der Waals surface area (Å²) in [5.74, 6) is 0.539. The maximum absolute atomic E-state index is 13.6. The van der Waals surface area contributed by atoms with Crippen LogP contribution in [0.1, 0.15) is 74.5 Å². The zero-order valence-corrected chi connectivity index (χ0v) is 23.1. The number of esters is 1. The highest BCUT2D eigenvalue weighted by Crippen LogP contribution is 2.40. The first-order chi connectivity index (χ1) is 18.9. The van der Waals surface area contributed by atoms with Crippen molar-refractivity contribution < 1.29 is 14.3 Å². The average molecular weight is 530 g/mol. The minimum atomic E-state index is -0.625. The Hall–Kier alpha value is -3.41. The summed E-state index contributed by atoms with van der Waals surface area (Å²) in [5, 5.41) is 11.0. The molecule has 2 aliphatic carbocycles. The molecule has 2 aromatic carbocycles. The minimum absolute atomic E-state index is 0.0196. The first-order valence-corrected chi connectivity index (χ1v) is 14.5. The van der Waals surface area contributed by atoms with Gasteiger partial charge in [0.15, 0.2) is 0 Å². The van der Waals surface area contributed by atoms with Gasteiger partial charge in [-0.1, -0.05) is 92.8 Å². The number of nitrogen functional groups attached to an aromatic ring is 1. The van der Waals surface area contributed by atoms with Gasteiger partial charge in [-0.05, 0) is 61.1 Å². The molecule has 0 aromatic heterocycles. The summed E-state index contributed by atoms with van der Waals surface area (Å²) in [5.41, 5.74) is 8.16. The van der Waals surface area contributed by atoms with Crippen LogP contribution in [-0.4, -0.2) is 30.9 Å². The summed E-state index contributed by atoms with van der Waals surface area (Å²) in [4.78, 5) is 26.7. The van der Waals surface area contributed by atoms with Crippen LogP contribution in [0.5, 0.6) is 0 Å². The summed E-state index contributed by atoms with van der Waals surface area (Å²) in [6, 6.07) is 16.7. The first kappa shape index (κ1) is 28.6. The van der Waals surface area contributed by atoms with Crippen molar-refractivity contribution in [3.05, 3.63) is 77.4 Å². The number of nitrogens with two attached hydrogens (primary N) is 1. The monoisotopic (exact) mass is 529 g/mol. The zero-order valence-electron chi connectivity index (χ0n) is 23.1. The summed E-state index contributed by atoms with van der Waals surface area (Å²) >= 11 is 0. The van der Waals surface area contributed by atoms with Gasteiger partial charge in [0.1, 0.15) is 5.84 Å². The van der Waals surface area contributed by atoms with Crippen LogP contribution in [0.25, 0.3) is 6.08 Å². The molecular formula is C33H43N3O3. The maximum Gasteiger partial charge on any atom is 0.311 e. The Kier molecular flexibility index (Phi) is 10.3. The van der Waals surface area contributed by atoms with Crippen LogP contribution in [0.4, 0.5) is 0 Å². The van der Waals surface area contributed by atoms with Gasteiger partial charge in [-0.25, -0.2) is 0 Å². The zero-order chi connectivity index (χ0) is 27.6. The summed E-state index contributed by atoms with van der Waals surface area (Å²) in [6.45, 7) is 0. The molecule has 0 bridgehead atoms. The number of amides is 1. The lowest BCUT2D eigenvalue weighted by Gasteiger charge is -2.36. The second-order valence-electron chi connectivity index (χ2n) is 11.3. The molecule has 2 saturated carbocycles. The summed E-state index contributed by atoms with van der Waals surface area (Å²) in [6.07, 6.45) is 15.0. The lowest BCUT2D eigenvalue weighted by atomic mass is 9.71. The lowest BCUT2D eigenvalue weighted by molar-refractivity contribution is -0.146. The summed E-state index contributed by atoms with van der Waals surface area (Å²) < 4.78 is 5.21. The number of carbonyl (C=O) groups excluding carboxylic acids is 2. The molecule has 208 valence electrons. The highest BCUT2D eigenvalue weighted by molar-refractivity contribution is 5.95. The van der Waals surface area contributed by atoms with Crippen LogP contribution in [0.3, 0.4) is 0 Å². The number of methoxy groups -OCH3 is 1. The Morgan fingerprint density at radius 1 is 0.974 bits per heavy atom. The molecule has 4 N–H and O–H groups in total. The molecule has 0 spiro atoms. The smallest absolute Gasteiger partial charge is 0.311 e. The van der Waals surface area contributed by atoms with Crippen molar-refractivity contribution in [3.8, 4) is 0 Å². The number of carbonyl (C=O) groups is 2. The lowest BCUT2D eigenvalue weighted by Crippen LogP contribution is -2.46. The van der Waals surface area contributed by atoms with Gasteiger partial charge in [-0.2, -0.15) is 0 Å². The van der Waals surface area contributed by atoms with Gasteiger partial charge in [0, 0.05) is 11.5 Å². The quantitative estimate of drug-likeness (QED) is 0.203. The molecule has 2 aromatic rings. The van der Waals surface area contributed by atoms with E-state index in [1.165, 1.54) is 39.2 Å². The Labute approximate surface area is 232 Å². The van der Waals surface area contributed by atoms with E-state index in [4.69, 9.17) is 15.9 Å². The molecule has 4 rings (SSSR count). The summed E-state index contributed by atoms with van der Waals surface area (Å²) in [7, 11) is 1.38. The van der Waals surface area contributed by atoms with Gasteiger partial charge in [-0.15, -0.1) is 0 Å². The predicted molar refractivity (Wildman–Crippen MR) is 156 cm³/mol. The molecule has 6 heteroatoms. The van der Waals surface area contributed by atoms with Crippen LogP contribution in [0.15, 0.2) is 60.7 Å². The number of benzene rings is 2. The van der Waals surface area contributed by atoms with Gasteiger partial charge in [-0.3, -0.25) is 15.0 Å². The van der Waals surface area contributed by atoms with Gasteiger partial charge in [0.05, 0.1) is 19.1 Å². The van der Waals surface area contributed by atoms with Crippen LogP contribution in [0, 0.1) is 29.1 Å². The molecule has 0 radical (unpaired) electrons. The van der Waals surface area contributed by atoms with E-state index in [0.717, 1.165) is 48.6 Å². The number of nitrogens with one attached hydrogen (secondary N) is 2. The number of ether oxygens (including phenoxy) is 1. The molecule has 2 fully saturated rings. The molecule has 2 unspecified atom stereocenters. The fourth-order valence-electron chi connectivity index (χ4n) is 6.43. The third-order valence-electron chi connectivity index (χ3n) is 8.69. The van der Waals surface area contributed by atoms with Crippen molar-refractivity contribution in [3.63, 3.8) is 0 Å². The first-order valence-electron chi connectivity index (χ1n) is 14.5. The Morgan fingerprint density at radius 3 is 2.33 bits per heavy atom. The van der Waals surface area contributed by atoms with Crippen LogP contribution >= 0.6 is 0 Å². The van der Waals surface area contributed by atoms with E-state index < -0.39 is 12.0 Å². The van der Waals surface area contributed by atoms with Crippen molar-refractivity contribution in [1.82, 2.24) is 5.32 Å². The van der Waals surface area contributed by atoms with Crippen molar-refractivity contribution in [1.29, 1.82) is 5.41 Å². The predicted octanol–water partition coefficient (Wildman–Crippen LogP) is 5.89. The second kappa shape index (κ2) is 14.1. The Balaban J connectivity index is 1.51. The van der Waals surface area contributed by atoms with Crippen LogP contribution in [-0.2, 0) is 20.7 Å². The number of hydrogen-bond donors (Lipinski definition) is 3. The van der Waals surface area contributed by atoms with Crippen LogP contribution < -0.4 is 11.1 Å². The molecule has 0 heterocycles. The molecule has 0 aliphatic heterocycles. The van der Waals surface area contributed by atoms with Crippen molar-refractivity contribution in [2.24, 2.45) is 29.4 Å². The van der Waals surface area contributed by atoms with E-state index in [2.05, 4.69) is 5.32 Å². The van der Waals surface area contributed by atoms with E-state index in [1.54, 1.807) is 6.07 Å². The average Bonchev–Trinajstić information content (AvgIpc) is 2.99. The topological polar surface area (TPSA) is 105 Å². The second-order valence-corrected chi connectivity index (χ2v) is 11.3. The molecule has 1 amide bonds. The Bertz CT molecular complexity index is 1130. The highest BCUT2D eigenvalue weighted by Gasteiger charge is 2.34. The highest BCUT2D eigenvalue weighted by atomic mass is 16.5. The fraction of sp³-hybridized carbons (Fsp3) is 0.485. The van der Waals surface area contributed by atoms with Crippen molar-refractivity contribution >= 4 is 23.8 Å². The largest absolute Gasteiger partial charge is 0.469 e. The minimum Gasteiger partial charge on any atom is -0.469 e. The maximum atomic E-state index is 13.6. The molecular weight excluding hydrogens is 486 g/mol. The van der Waals surface area contributed by atoms with Gasteiger partial charge in [0.2, 0.25) is 5.91 Å². The molecule has 39 heavy (non-hydrogen) atoms. The fourth-order valence-corrected chi connectivity index (χ4v) is 6.43. The third-order valence-corrected chi connectivity index (χ3v) is 8.69. The molecule has 0 saturated heterocycles. The van der Waals surface area contributed by atoms with E-state index in [0.29, 0.717) is 12.0 Å². The van der Waals surface area contributed by atoms with Crippen molar-refractivity contribution in [2.45, 2.75) is 70.3 Å². The standard InChI is InChI=1S/C33H43N3O3/c1-39-33(38)29(22-24-11-8-14-28(21-24)31(34)35)30(20-15-23-9-4-2-5-10-23)36-32(37)27-18-16-26(17-19-27)25-12-6-3-7-13-25/h2,4-5,8-11,14-15,20-21,25-27,29-30H,3,6-7,12-13,16-19,22H2,1H3,(H3,34,35)(H,36,37)/b20-15+. The SMILES string of the molecule is COC(=O)C(Cc1cccc(C(=N)N)c1)C(/C=C/c1ccccc1)NC(=O)C1CCC(C2CCCCC2)CC1. The Morgan fingerprint density at radius 2 is 1.67 bits per heavy atom. The van der Waals surface area contributed by atoms with E-state index in [1.807, 2.05) is 60.7 Å². The van der Waals surface area contributed by atoms with Gasteiger partial charge in [0.25, 0.3) is 0 Å². The van der Waals surface area contributed by atoms with Gasteiger partial charge >= 0.3 is 5.97 Å². The van der Waals surface area contributed by atoms with E-state index >= 15 is 0 Å². The molecule has 6 nitrogen and oxygen atoms in total. The third kappa shape index (κ3) is 8.04. The van der Waals surface area contributed by atoms with Crippen molar-refractivity contribution in [2.75, 3.05) is 7.11 Å². The van der Waals surface area contributed by atoms with Crippen LogP contribution in [0.2, 0.25) is 0 Å². The van der Waals surface area contributed by atoms with E-state index in [9.17, 15) is 9.59 Å².